The summed E-state index contributed by atoms with van der Waals surface area (Å²) in [5, 5.41) is 8.65. The largest absolute Gasteiger partial charge is 0.330 e. The van der Waals surface area contributed by atoms with Crippen LogP contribution in [0.15, 0.2) is 29.2 Å². The number of nitrogens with one attached hydrogen (secondary N) is 1. The highest BCUT2D eigenvalue weighted by molar-refractivity contribution is 7.89. The van der Waals surface area contributed by atoms with Gasteiger partial charge in [0.25, 0.3) is 0 Å². The SMILES string of the molecule is NCC1CCCCC1NCc1cccc(S(N)(=O)=O)c1. The highest BCUT2D eigenvalue weighted by Gasteiger charge is 2.23. The molecule has 1 aromatic carbocycles. The maximum Gasteiger partial charge on any atom is 0.238 e. The van der Waals surface area contributed by atoms with Crippen molar-refractivity contribution in [3.63, 3.8) is 0 Å². The Labute approximate surface area is 120 Å². The zero-order valence-electron chi connectivity index (χ0n) is 11.6. The van der Waals surface area contributed by atoms with E-state index in [0.29, 0.717) is 25.0 Å². The van der Waals surface area contributed by atoms with Gasteiger partial charge in [-0.25, -0.2) is 13.6 Å². The first-order chi connectivity index (χ1) is 9.50. The molecule has 1 aromatic rings. The average Bonchev–Trinajstić information content (AvgIpc) is 2.45. The Bertz CT molecular complexity index is 545. The van der Waals surface area contributed by atoms with Crippen LogP contribution in [0, 0.1) is 5.92 Å². The third kappa shape index (κ3) is 4.02. The van der Waals surface area contributed by atoms with E-state index in [4.69, 9.17) is 10.9 Å². The van der Waals surface area contributed by atoms with Gasteiger partial charge in [-0.2, -0.15) is 0 Å². The van der Waals surface area contributed by atoms with Crippen LogP contribution >= 0.6 is 0 Å². The van der Waals surface area contributed by atoms with E-state index < -0.39 is 10.0 Å². The van der Waals surface area contributed by atoms with Crippen molar-refractivity contribution in [3.8, 4) is 0 Å². The van der Waals surface area contributed by atoms with Crippen LogP contribution in [0.25, 0.3) is 0 Å². The molecule has 0 aromatic heterocycles. The molecule has 1 aliphatic rings. The van der Waals surface area contributed by atoms with Crippen LogP contribution in [0.1, 0.15) is 31.2 Å². The first-order valence-electron chi connectivity index (χ1n) is 7.06. The Hall–Kier alpha value is -0.950. The van der Waals surface area contributed by atoms with E-state index in [1.807, 2.05) is 6.07 Å². The lowest BCUT2D eigenvalue weighted by Gasteiger charge is -2.31. The van der Waals surface area contributed by atoms with E-state index >= 15 is 0 Å². The van der Waals surface area contributed by atoms with Crippen molar-refractivity contribution in [1.29, 1.82) is 0 Å². The number of sulfonamides is 1. The topological polar surface area (TPSA) is 98.2 Å². The maximum atomic E-state index is 11.3. The van der Waals surface area contributed by atoms with E-state index in [2.05, 4.69) is 5.32 Å². The molecule has 2 atom stereocenters. The summed E-state index contributed by atoms with van der Waals surface area (Å²) in [6.45, 7) is 1.35. The van der Waals surface area contributed by atoms with Gasteiger partial charge in [0, 0.05) is 12.6 Å². The van der Waals surface area contributed by atoms with Crippen molar-refractivity contribution in [2.75, 3.05) is 6.54 Å². The van der Waals surface area contributed by atoms with Crippen molar-refractivity contribution in [3.05, 3.63) is 29.8 Å². The Morgan fingerprint density at radius 3 is 2.70 bits per heavy atom. The quantitative estimate of drug-likeness (QED) is 0.753. The van der Waals surface area contributed by atoms with Gasteiger partial charge in [0.2, 0.25) is 10.0 Å². The number of nitrogens with two attached hydrogens (primary N) is 2. The highest BCUT2D eigenvalue weighted by Crippen LogP contribution is 2.24. The van der Waals surface area contributed by atoms with Gasteiger partial charge in [-0.15, -0.1) is 0 Å². The van der Waals surface area contributed by atoms with Gasteiger partial charge in [-0.1, -0.05) is 25.0 Å². The molecule has 1 saturated carbocycles. The fraction of sp³-hybridized carbons (Fsp3) is 0.571. The van der Waals surface area contributed by atoms with Crippen LogP contribution in [0.4, 0.5) is 0 Å². The molecular formula is C14H23N3O2S. The summed E-state index contributed by atoms with van der Waals surface area (Å²) in [5.74, 6) is 0.519. The summed E-state index contributed by atoms with van der Waals surface area (Å²) in [7, 11) is -3.63. The van der Waals surface area contributed by atoms with Gasteiger partial charge in [-0.3, -0.25) is 0 Å². The summed E-state index contributed by atoms with van der Waals surface area (Å²) in [6.07, 6.45) is 4.79. The molecule has 1 fully saturated rings. The predicted molar refractivity (Wildman–Crippen MR) is 79.5 cm³/mol. The molecule has 0 bridgehead atoms. The first kappa shape index (κ1) is 15.4. The molecule has 112 valence electrons. The zero-order chi connectivity index (χ0) is 14.6. The summed E-state index contributed by atoms with van der Waals surface area (Å²) in [4.78, 5) is 0.163. The van der Waals surface area contributed by atoms with Crippen molar-refractivity contribution < 1.29 is 8.42 Å². The van der Waals surface area contributed by atoms with Crippen LogP contribution < -0.4 is 16.2 Å². The summed E-state index contributed by atoms with van der Waals surface area (Å²) in [5.41, 5.74) is 6.74. The van der Waals surface area contributed by atoms with Gasteiger partial charge >= 0.3 is 0 Å². The Morgan fingerprint density at radius 2 is 2.00 bits per heavy atom. The Kier molecular flexibility index (Phi) is 5.15. The lowest BCUT2D eigenvalue weighted by molar-refractivity contribution is 0.267. The molecule has 2 unspecified atom stereocenters. The molecule has 2 rings (SSSR count). The molecular weight excluding hydrogens is 274 g/mol. The van der Waals surface area contributed by atoms with Crippen LogP contribution in [0.2, 0.25) is 0 Å². The number of hydrogen-bond acceptors (Lipinski definition) is 4. The van der Waals surface area contributed by atoms with Crippen LogP contribution in [0.3, 0.4) is 0 Å². The van der Waals surface area contributed by atoms with Gasteiger partial charge < -0.3 is 11.1 Å². The van der Waals surface area contributed by atoms with Crippen molar-refractivity contribution in [1.82, 2.24) is 5.32 Å². The second-order valence-corrected chi connectivity index (χ2v) is 7.02. The molecule has 5 nitrogen and oxygen atoms in total. The number of primary sulfonamides is 1. The smallest absolute Gasteiger partial charge is 0.238 e. The highest BCUT2D eigenvalue weighted by atomic mass is 32.2. The second-order valence-electron chi connectivity index (χ2n) is 5.46. The fourth-order valence-electron chi connectivity index (χ4n) is 2.84. The van der Waals surface area contributed by atoms with E-state index in [0.717, 1.165) is 12.0 Å². The van der Waals surface area contributed by atoms with Crippen LogP contribution in [-0.4, -0.2) is 21.0 Å². The molecule has 20 heavy (non-hydrogen) atoms. The minimum atomic E-state index is -3.63. The van der Waals surface area contributed by atoms with E-state index in [-0.39, 0.29) is 4.90 Å². The molecule has 0 amide bonds. The second kappa shape index (κ2) is 6.67. The lowest BCUT2D eigenvalue weighted by atomic mass is 9.84. The maximum absolute atomic E-state index is 11.3. The molecule has 6 heteroatoms. The number of rotatable bonds is 5. The molecule has 1 aliphatic carbocycles. The van der Waals surface area contributed by atoms with Gasteiger partial charge in [0.1, 0.15) is 0 Å². The third-order valence-corrected chi connectivity index (χ3v) is 4.92. The minimum Gasteiger partial charge on any atom is -0.330 e. The summed E-state index contributed by atoms with van der Waals surface area (Å²) < 4.78 is 22.7. The Balaban J connectivity index is 2.00. The van der Waals surface area contributed by atoms with E-state index in [9.17, 15) is 8.42 Å². The third-order valence-electron chi connectivity index (χ3n) is 4.01. The van der Waals surface area contributed by atoms with E-state index in [1.54, 1.807) is 12.1 Å². The molecule has 5 N–H and O–H groups in total. The fourth-order valence-corrected chi connectivity index (χ4v) is 3.42. The minimum absolute atomic E-state index is 0.163. The number of benzene rings is 1. The van der Waals surface area contributed by atoms with Gasteiger partial charge in [0.05, 0.1) is 4.90 Å². The van der Waals surface area contributed by atoms with Gasteiger partial charge in [-0.05, 0) is 43.0 Å². The molecule has 0 heterocycles. The number of hydrogen-bond donors (Lipinski definition) is 3. The van der Waals surface area contributed by atoms with Gasteiger partial charge in [0.15, 0.2) is 0 Å². The average molecular weight is 297 g/mol. The molecule has 0 spiro atoms. The first-order valence-corrected chi connectivity index (χ1v) is 8.60. The van der Waals surface area contributed by atoms with Crippen molar-refractivity contribution in [2.24, 2.45) is 16.8 Å². The Morgan fingerprint density at radius 1 is 1.25 bits per heavy atom. The normalized spacial score (nSPS) is 23.7. The lowest BCUT2D eigenvalue weighted by Crippen LogP contribution is -2.41. The van der Waals surface area contributed by atoms with Crippen LogP contribution in [-0.2, 0) is 16.6 Å². The zero-order valence-corrected chi connectivity index (χ0v) is 12.4. The van der Waals surface area contributed by atoms with Crippen LogP contribution in [0.5, 0.6) is 0 Å². The molecule has 0 radical (unpaired) electrons. The summed E-state index contributed by atoms with van der Waals surface area (Å²) >= 11 is 0. The summed E-state index contributed by atoms with van der Waals surface area (Å²) in [6, 6.07) is 7.19. The predicted octanol–water partition coefficient (Wildman–Crippen LogP) is 0.941. The standard InChI is InChI=1S/C14H23N3O2S/c15-9-12-5-1-2-7-14(12)17-10-11-4-3-6-13(8-11)20(16,18)19/h3-4,6,8,12,14,17H,1-2,5,7,9-10,15H2,(H2,16,18,19). The van der Waals surface area contributed by atoms with Crippen molar-refractivity contribution >= 4 is 10.0 Å². The monoisotopic (exact) mass is 297 g/mol. The van der Waals surface area contributed by atoms with Crippen molar-refractivity contribution in [2.45, 2.75) is 43.2 Å². The molecule has 0 aliphatic heterocycles. The van der Waals surface area contributed by atoms with E-state index in [1.165, 1.54) is 25.3 Å². The molecule has 0 saturated heterocycles.